The summed E-state index contributed by atoms with van der Waals surface area (Å²) in [6.07, 6.45) is -0.159. The fraction of sp³-hybridized carbons (Fsp3) is 0.613. The summed E-state index contributed by atoms with van der Waals surface area (Å²) in [4.78, 5) is 0. The zero-order valence-electron chi connectivity index (χ0n) is 25.8. The van der Waals surface area contributed by atoms with Crippen molar-refractivity contribution in [3.05, 3.63) is 59.7 Å². The van der Waals surface area contributed by atoms with Crippen LogP contribution < -0.4 is 9.47 Å². The summed E-state index contributed by atoms with van der Waals surface area (Å²) < 4.78 is 46.3. The van der Waals surface area contributed by atoms with Crippen LogP contribution in [0.2, 0.25) is 0 Å². The molecule has 8 nitrogen and oxygen atoms in total. The molecule has 0 aromatic heterocycles. The molecule has 0 saturated heterocycles. The summed E-state index contributed by atoms with van der Waals surface area (Å²) in [7, 11) is -3.36. The van der Waals surface area contributed by atoms with Crippen LogP contribution in [0.1, 0.15) is 72.9 Å². The second kappa shape index (κ2) is 15.1. The lowest BCUT2D eigenvalue weighted by Gasteiger charge is -2.34. The molecular formula is C31H49O8P2+. The second-order valence-corrected chi connectivity index (χ2v) is 16.5. The van der Waals surface area contributed by atoms with Crippen LogP contribution in [0.25, 0.3) is 0 Å². The third-order valence-electron chi connectivity index (χ3n) is 7.71. The predicted octanol–water partition coefficient (Wildman–Crippen LogP) is 6.77. The first kappa shape index (κ1) is 35.4. The molecule has 2 rings (SSSR count). The van der Waals surface area contributed by atoms with Gasteiger partial charge in [-0.15, -0.1) is 4.52 Å². The van der Waals surface area contributed by atoms with E-state index in [0.29, 0.717) is 30.2 Å². The fourth-order valence-corrected chi connectivity index (χ4v) is 7.31. The van der Waals surface area contributed by atoms with Gasteiger partial charge in [-0.25, -0.2) is 0 Å². The van der Waals surface area contributed by atoms with E-state index < -0.39 is 39.0 Å². The molecule has 0 bridgehead atoms. The van der Waals surface area contributed by atoms with Crippen LogP contribution in [-0.4, -0.2) is 65.5 Å². The third-order valence-corrected chi connectivity index (χ3v) is 12.5. The van der Waals surface area contributed by atoms with E-state index in [4.69, 9.17) is 18.7 Å². The highest BCUT2D eigenvalue weighted by molar-refractivity contribution is 7.65. The Balaban J connectivity index is 1.91. The Morgan fingerprint density at radius 2 is 1.20 bits per heavy atom. The zero-order valence-corrected chi connectivity index (χ0v) is 27.7. The molecule has 2 aromatic rings. The molecule has 41 heavy (non-hydrogen) atoms. The van der Waals surface area contributed by atoms with Crippen LogP contribution in [0.4, 0.5) is 0 Å². The standard InChI is InChI=1S/C31H49O8P2/c1-9-41(35,10-2)31(7,8)38-22-26(33)21-37-28-17-13-24(14-18-28)30(5,6)23-11-15-27(16-12-23)36-20-25(32)19-29(3,4)39-40-34/h11-18,25-26,32-33,40H,9-10,19-22H2,1-8H3/q+1. The minimum Gasteiger partial charge on any atom is -0.491 e. The van der Waals surface area contributed by atoms with Gasteiger partial charge in [0.05, 0.1) is 12.7 Å². The van der Waals surface area contributed by atoms with Crippen molar-refractivity contribution in [2.24, 2.45) is 0 Å². The topological polar surface area (TPSA) is 112 Å². The highest BCUT2D eigenvalue weighted by Gasteiger charge is 2.38. The van der Waals surface area contributed by atoms with Gasteiger partial charge in [0, 0.05) is 24.2 Å². The normalized spacial score (nSPS) is 14.6. The van der Waals surface area contributed by atoms with Crippen molar-refractivity contribution in [3.8, 4) is 11.5 Å². The SMILES string of the molecule is CCP(=O)(CC)C(C)(C)OCC(O)COc1ccc(C(C)(C)c2ccc(OCC(O)CC(C)(C)O[PH+]=O)cc2)cc1. The van der Waals surface area contributed by atoms with E-state index in [1.165, 1.54) is 0 Å². The molecule has 0 saturated carbocycles. The van der Waals surface area contributed by atoms with Crippen LogP contribution >= 0.6 is 15.8 Å². The van der Waals surface area contributed by atoms with Crippen LogP contribution in [0, 0.1) is 0 Å². The Kier molecular flexibility index (Phi) is 13.0. The maximum absolute atomic E-state index is 13.0. The summed E-state index contributed by atoms with van der Waals surface area (Å²) in [5.74, 6) is 1.29. The molecule has 3 atom stereocenters. The van der Waals surface area contributed by atoms with Gasteiger partial charge in [-0.1, -0.05) is 52.0 Å². The van der Waals surface area contributed by atoms with E-state index in [1.807, 2.05) is 76.2 Å². The van der Waals surface area contributed by atoms with Crippen molar-refractivity contribution in [2.45, 2.75) is 90.4 Å². The van der Waals surface area contributed by atoms with E-state index in [1.54, 1.807) is 13.8 Å². The van der Waals surface area contributed by atoms with Gasteiger partial charge in [-0.2, -0.15) is 0 Å². The minimum absolute atomic E-state index is 0.0505. The van der Waals surface area contributed by atoms with Gasteiger partial charge >= 0.3 is 8.69 Å². The molecule has 3 unspecified atom stereocenters. The summed E-state index contributed by atoms with van der Waals surface area (Å²) in [5.41, 5.74) is 1.20. The molecule has 0 amide bonds. The van der Waals surface area contributed by atoms with E-state index in [0.717, 1.165) is 11.1 Å². The number of hydrogen-bond donors (Lipinski definition) is 2. The van der Waals surface area contributed by atoms with Gasteiger partial charge in [-0.05, 0) is 67.7 Å². The lowest BCUT2D eigenvalue weighted by molar-refractivity contribution is -0.0311. The summed E-state index contributed by atoms with van der Waals surface area (Å²) >= 11 is 0. The monoisotopic (exact) mass is 611 g/mol. The largest absolute Gasteiger partial charge is 0.494 e. The van der Waals surface area contributed by atoms with Gasteiger partial charge in [0.15, 0.2) is 0 Å². The van der Waals surface area contributed by atoms with Gasteiger partial charge in [-0.3, -0.25) is 0 Å². The summed E-state index contributed by atoms with van der Waals surface area (Å²) in [6, 6.07) is 15.6. The summed E-state index contributed by atoms with van der Waals surface area (Å²) in [6.45, 7) is 15.5. The highest BCUT2D eigenvalue weighted by Crippen LogP contribution is 2.57. The molecule has 2 N–H and O–H groups in total. The van der Waals surface area contributed by atoms with Crippen molar-refractivity contribution in [3.63, 3.8) is 0 Å². The average Bonchev–Trinajstić information content (AvgIpc) is 2.93. The predicted molar refractivity (Wildman–Crippen MR) is 166 cm³/mol. The number of aliphatic hydroxyl groups excluding tert-OH is 2. The van der Waals surface area contributed by atoms with Crippen molar-refractivity contribution in [1.82, 2.24) is 0 Å². The smallest absolute Gasteiger partial charge is 0.491 e. The molecule has 0 heterocycles. The first-order chi connectivity index (χ1) is 19.1. The van der Waals surface area contributed by atoms with Gasteiger partial charge in [0.2, 0.25) is 0 Å². The average molecular weight is 612 g/mol. The van der Waals surface area contributed by atoms with E-state index in [2.05, 4.69) is 13.8 Å². The third kappa shape index (κ3) is 10.2. The molecule has 0 aliphatic heterocycles. The fourth-order valence-electron chi connectivity index (χ4n) is 4.72. The zero-order chi connectivity index (χ0) is 30.9. The minimum atomic E-state index is -2.49. The van der Waals surface area contributed by atoms with E-state index in [9.17, 15) is 19.3 Å². The summed E-state index contributed by atoms with van der Waals surface area (Å²) in [5, 5.41) is 19.9. The Hall–Kier alpha value is -1.79. The molecule has 0 aliphatic rings. The number of benzene rings is 2. The number of ether oxygens (including phenoxy) is 3. The molecule has 230 valence electrons. The van der Waals surface area contributed by atoms with Crippen molar-refractivity contribution in [1.29, 1.82) is 0 Å². The van der Waals surface area contributed by atoms with Crippen LogP contribution in [0.5, 0.6) is 11.5 Å². The number of hydrogen-bond acceptors (Lipinski definition) is 8. The first-order valence-corrected chi connectivity index (χ1v) is 17.1. The van der Waals surface area contributed by atoms with E-state index >= 15 is 0 Å². The van der Waals surface area contributed by atoms with E-state index in [-0.39, 0.29) is 25.2 Å². The molecular weight excluding hydrogens is 562 g/mol. The molecule has 10 heteroatoms. The van der Waals surface area contributed by atoms with Gasteiger partial charge < -0.3 is 29.0 Å². The van der Waals surface area contributed by atoms with Crippen molar-refractivity contribution >= 4 is 15.8 Å². The number of aliphatic hydroxyl groups is 2. The van der Waals surface area contributed by atoms with Gasteiger partial charge in [0.25, 0.3) is 0 Å². The van der Waals surface area contributed by atoms with Crippen molar-refractivity contribution in [2.75, 3.05) is 32.1 Å². The first-order valence-electron chi connectivity index (χ1n) is 14.2. The van der Waals surface area contributed by atoms with Crippen LogP contribution in [0.15, 0.2) is 48.5 Å². The highest BCUT2D eigenvalue weighted by atomic mass is 31.2. The lowest BCUT2D eigenvalue weighted by atomic mass is 9.78. The van der Waals surface area contributed by atoms with Gasteiger partial charge in [0.1, 0.15) is 48.9 Å². The molecule has 0 spiro atoms. The quantitative estimate of drug-likeness (QED) is 0.178. The van der Waals surface area contributed by atoms with Crippen molar-refractivity contribution < 1.29 is 38.1 Å². The Morgan fingerprint density at radius 3 is 1.61 bits per heavy atom. The lowest BCUT2D eigenvalue weighted by Crippen LogP contribution is -2.33. The number of rotatable bonds is 18. The Morgan fingerprint density at radius 1 is 0.756 bits per heavy atom. The maximum Gasteiger partial charge on any atom is 0.494 e. The van der Waals surface area contributed by atoms with Crippen LogP contribution in [0.3, 0.4) is 0 Å². The molecule has 0 aliphatic carbocycles. The second-order valence-electron chi connectivity index (χ2n) is 12.0. The molecule has 2 aromatic carbocycles. The molecule has 0 fully saturated rings. The Labute approximate surface area is 247 Å². The molecule has 0 radical (unpaired) electrons. The van der Waals surface area contributed by atoms with Crippen LogP contribution in [-0.2, 0) is 23.8 Å². The maximum atomic E-state index is 13.0. The Bertz CT molecular complexity index is 1120.